The van der Waals surface area contributed by atoms with Crippen LogP contribution in [0.25, 0.3) is 0 Å². The van der Waals surface area contributed by atoms with Crippen LogP contribution >= 0.6 is 0 Å². The lowest BCUT2D eigenvalue weighted by molar-refractivity contribution is 0.0489. The second-order valence-corrected chi connectivity index (χ2v) is 9.28. The number of amides is 1. The lowest BCUT2D eigenvalue weighted by Crippen LogP contribution is -2.47. The van der Waals surface area contributed by atoms with E-state index in [2.05, 4.69) is 5.32 Å². The van der Waals surface area contributed by atoms with E-state index in [0.717, 1.165) is 18.2 Å². The molecule has 27 heavy (non-hydrogen) atoms. The lowest BCUT2D eigenvalue weighted by Gasteiger charge is -2.32. The lowest BCUT2D eigenvalue weighted by atomic mass is 10.1. The standard InChI is InChI=1S/C17H24F2N2O5S/c1-17(2,3)26-16(23)20-11-6-8-21(9-7-11)27(24,25)12-4-5-13(15(18)19)14(22)10-12/h4-5,10-11,15,22H,6-9H2,1-3H3,(H,20,23). The first kappa shape index (κ1) is 21.4. The number of carbonyl (C=O) groups is 1. The van der Waals surface area contributed by atoms with Crippen molar-refractivity contribution in [1.29, 1.82) is 0 Å². The van der Waals surface area contributed by atoms with Crippen molar-refractivity contribution in [2.75, 3.05) is 13.1 Å². The average molecular weight is 406 g/mol. The Morgan fingerprint density at radius 3 is 2.37 bits per heavy atom. The fourth-order valence-corrected chi connectivity index (χ4v) is 4.22. The second-order valence-electron chi connectivity index (χ2n) is 7.35. The van der Waals surface area contributed by atoms with Crippen LogP contribution in [0.1, 0.15) is 45.6 Å². The summed E-state index contributed by atoms with van der Waals surface area (Å²) < 4.78 is 57.1. The molecule has 0 spiro atoms. The number of nitrogens with zero attached hydrogens (tertiary/aromatic N) is 1. The van der Waals surface area contributed by atoms with Crippen LogP contribution in [0.4, 0.5) is 13.6 Å². The van der Waals surface area contributed by atoms with Crippen LogP contribution in [-0.4, -0.2) is 48.7 Å². The maximum absolute atomic E-state index is 12.7. The maximum Gasteiger partial charge on any atom is 0.407 e. The van der Waals surface area contributed by atoms with Crippen molar-refractivity contribution < 1.29 is 31.8 Å². The molecule has 2 N–H and O–H groups in total. The minimum absolute atomic E-state index is 0.153. The minimum Gasteiger partial charge on any atom is -0.507 e. The smallest absolute Gasteiger partial charge is 0.407 e. The molecule has 1 aromatic carbocycles. The molecule has 7 nitrogen and oxygen atoms in total. The van der Waals surface area contributed by atoms with E-state index in [1.165, 1.54) is 4.31 Å². The van der Waals surface area contributed by atoms with Crippen molar-refractivity contribution in [3.8, 4) is 5.75 Å². The van der Waals surface area contributed by atoms with E-state index < -0.39 is 39.5 Å². The number of halogens is 2. The Bertz CT molecular complexity index is 785. The van der Waals surface area contributed by atoms with Gasteiger partial charge in [0.15, 0.2) is 0 Å². The predicted octanol–water partition coefficient (Wildman–Crippen LogP) is 3.01. The average Bonchev–Trinajstić information content (AvgIpc) is 2.53. The molecule has 0 unspecified atom stereocenters. The molecule has 1 heterocycles. The number of benzene rings is 1. The number of nitrogens with one attached hydrogen (secondary N) is 1. The van der Waals surface area contributed by atoms with Gasteiger partial charge in [0.25, 0.3) is 6.43 Å². The summed E-state index contributed by atoms with van der Waals surface area (Å²) in [5.41, 5.74) is -1.24. The van der Waals surface area contributed by atoms with Gasteiger partial charge in [-0.05, 0) is 45.7 Å². The Kier molecular flexibility index (Phi) is 6.31. The molecule has 1 saturated heterocycles. The van der Waals surface area contributed by atoms with Gasteiger partial charge < -0.3 is 15.2 Å². The molecule has 0 aromatic heterocycles. The monoisotopic (exact) mass is 406 g/mol. The highest BCUT2D eigenvalue weighted by molar-refractivity contribution is 7.89. The predicted molar refractivity (Wildman–Crippen MR) is 94.2 cm³/mol. The number of rotatable bonds is 4. The number of ether oxygens (including phenoxy) is 1. The van der Waals surface area contributed by atoms with Crippen molar-refractivity contribution in [2.24, 2.45) is 0 Å². The SMILES string of the molecule is CC(C)(C)OC(=O)NC1CCN(S(=O)(=O)c2ccc(C(F)F)c(O)c2)CC1. The first-order valence-electron chi connectivity index (χ1n) is 8.51. The van der Waals surface area contributed by atoms with Crippen molar-refractivity contribution >= 4 is 16.1 Å². The zero-order chi connectivity index (χ0) is 20.4. The molecule has 1 fully saturated rings. The number of carbonyl (C=O) groups excluding carboxylic acids is 1. The van der Waals surface area contributed by atoms with Crippen LogP contribution in [0.5, 0.6) is 5.75 Å². The number of aromatic hydroxyl groups is 1. The topological polar surface area (TPSA) is 95.9 Å². The number of phenolic OH excluding ortho intramolecular Hbond substituents is 1. The minimum atomic E-state index is -3.92. The summed E-state index contributed by atoms with van der Waals surface area (Å²) in [5, 5.41) is 12.3. The normalized spacial score (nSPS) is 17.1. The van der Waals surface area contributed by atoms with E-state index in [4.69, 9.17) is 4.74 Å². The highest BCUT2D eigenvalue weighted by atomic mass is 32.2. The summed E-state index contributed by atoms with van der Waals surface area (Å²) in [4.78, 5) is 11.5. The van der Waals surface area contributed by atoms with Gasteiger partial charge in [-0.3, -0.25) is 0 Å². The van der Waals surface area contributed by atoms with Crippen molar-refractivity contribution in [1.82, 2.24) is 9.62 Å². The molecule has 1 aliphatic heterocycles. The quantitative estimate of drug-likeness (QED) is 0.801. The zero-order valence-corrected chi connectivity index (χ0v) is 16.2. The van der Waals surface area contributed by atoms with Crippen LogP contribution in [0, 0.1) is 0 Å². The number of alkyl halides is 2. The Hall–Kier alpha value is -1.94. The Labute approximate surface area is 157 Å². The van der Waals surface area contributed by atoms with Gasteiger partial charge in [-0.2, -0.15) is 4.31 Å². The third kappa shape index (κ3) is 5.52. The Morgan fingerprint density at radius 2 is 1.89 bits per heavy atom. The van der Waals surface area contributed by atoms with Crippen molar-refractivity contribution in [3.63, 3.8) is 0 Å². The molecule has 2 rings (SSSR count). The summed E-state index contributed by atoms with van der Waals surface area (Å²) in [6.45, 7) is 5.55. The van der Waals surface area contributed by atoms with Gasteiger partial charge >= 0.3 is 6.09 Å². The van der Waals surface area contributed by atoms with Gasteiger partial charge in [-0.15, -0.1) is 0 Å². The number of sulfonamides is 1. The molecule has 0 atom stereocenters. The van der Waals surface area contributed by atoms with E-state index in [1.54, 1.807) is 20.8 Å². The molecule has 1 aromatic rings. The second kappa shape index (κ2) is 7.97. The molecule has 0 radical (unpaired) electrons. The summed E-state index contributed by atoms with van der Waals surface area (Å²) in [5.74, 6) is -0.757. The van der Waals surface area contributed by atoms with Crippen LogP contribution < -0.4 is 5.32 Å². The number of piperidine rings is 1. The highest BCUT2D eigenvalue weighted by Crippen LogP contribution is 2.31. The van der Waals surface area contributed by atoms with E-state index >= 15 is 0 Å². The summed E-state index contributed by atoms with van der Waals surface area (Å²) in [6.07, 6.45) is -2.67. The molecule has 152 valence electrons. The van der Waals surface area contributed by atoms with E-state index in [1.807, 2.05) is 0 Å². The van der Waals surface area contributed by atoms with Gasteiger partial charge in [0.1, 0.15) is 11.4 Å². The number of hydrogen-bond acceptors (Lipinski definition) is 5. The first-order valence-corrected chi connectivity index (χ1v) is 9.95. The maximum atomic E-state index is 12.7. The van der Waals surface area contributed by atoms with Gasteiger partial charge in [0, 0.05) is 25.2 Å². The van der Waals surface area contributed by atoms with Gasteiger partial charge in [0.2, 0.25) is 10.0 Å². The third-order valence-electron chi connectivity index (χ3n) is 4.05. The fraction of sp³-hybridized carbons (Fsp3) is 0.588. The van der Waals surface area contributed by atoms with Gasteiger partial charge in [-0.1, -0.05) is 0 Å². The van der Waals surface area contributed by atoms with Gasteiger partial charge in [-0.25, -0.2) is 22.0 Å². The van der Waals surface area contributed by atoms with Gasteiger partial charge in [0.05, 0.1) is 10.5 Å². The molecule has 0 aliphatic carbocycles. The third-order valence-corrected chi connectivity index (χ3v) is 5.94. The molecule has 0 saturated carbocycles. The molecular weight excluding hydrogens is 382 g/mol. The van der Waals surface area contributed by atoms with Crippen molar-refractivity contribution in [2.45, 2.75) is 56.6 Å². The highest BCUT2D eigenvalue weighted by Gasteiger charge is 2.31. The van der Waals surface area contributed by atoms with Crippen LogP contribution in [0.2, 0.25) is 0 Å². The van der Waals surface area contributed by atoms with Crippen LogP contribution in [0.15, 0.2) is 23.1 Å². The van der Waals surface area contributed by atoms with Crippen LogP contribution in [0.3, 0.4) is 0 Å². The summed E-state index contributed by atoms with van der Waals surface area (Å²) in [6, 6.07) is 2.58. The molecular formula is C17H24F2N2O5S. The molecule has 1 aliphatic rings. The first-order chi connectivity index (χ1) is 12.4. The van der Waals surface area contributed by atoms with Crippen LogP contribution in [-0.2, 0) is 14.8 Å². The number of hydrogen-bond donors (Lipinski definition) is 2. The number of alkyl carbamates (subject to hydrolysis) is 1. The molecule has 1 amide bonds. The Balaban J connectivity index is 2.00. The van der Waals surface area contributed by atoms with E-state index in [-0.39, 0.29) is 24.0 Å². The summed E-state index contributed by atoms with van der Waals surface area (Å²) >= 11 is 0. The molecule has 0 bridgehead atoms. The molecule has 10 heteroatoms. The van der Waals surface area contributed by atoms with E-state index in [0.29, 0.717) is 12.8 Å². The largest absolute Gasteiger partial charge is 0.507 e. The van der Waals surface area contributed by atoms with Crippen molar-refractivity contribution in [3.05, 3.63) is 23.8 Å². The summed E-state index contributed by atoms with van der Waals surface area (Å²) in [7, 11) is -3.92. The number of phenols is 1. The zero-order valence-electron chi connectivity index (χ0n) is 15.4. The van der Waals surface area contributed by atoms with E-state index in [9.17, 15) is 27.1 Å². The Morgan fingerprint density at radius 1 is 1.30 bits per heavy atom. The fourth-order valence-electron chi connectivity index (χ4n) is 2.73.